The van der Waals surface area contributed by atoms with E-state index in [-0.39, 0.29) is 0 Å². The van der Waals surface area contributed by atoms with Gasteiger partial charge in [0.1, 0.15) is 0 Å². The van der Waals surface area contributed by atoms with E-state index in [4.69, 9.17) is 4.74 Å². The molecular formula is C18H38N2O. The number of hydrogen-bond acceptors (Lipinski definition) is 3. The third-order valence-corrected chi connectivity index (χ3v) is 5.26. The van der Waals surface area contributed by atoms with E-state index in [1.807, 2.05) is 0 Å². The Balaban J connectivity index is 2.61. The largest absolute Gasteiger partial charge is 0.380 e. The fourth-order valence-corrected chi connectivity index (χ4v) is 3.28. The van der Waals surface area contributed by atoms with Crippen LogP contribution in [0.1, 0.15) is 67.2 Å². The molecule has 1 saturated heterocycles. The van der Waals surface area contributed by atoms with Gasteiger partial charge in [-0.25, -0.2) is 0 Å². The standard InChI is InChI=1S/C18H38N2O/c1-7-10-12-21-13-11-20-14-16(17(4,5)6)19-15-18(20,8-2)9-3/h16,19H,7-15H2,1-6H3. The lowest BCUT2D eigenvalue weighted by Gasteiger charge is -2.52. The molecule has 0 spiro atoms. The van der Waals surface area contributed by atoms with Gasteiger partial charge in [-0.05, 0) is 24.7 Å². The molecule has 1 N–H and O–H groups in total. The van der Waals surface area contributed by atoms with Crippen molar-refractivity contribution in [3.63, 3.8) is 0 Å². The van der Waals surface area contributed by atoms with Crippen LogP contribution in [0.5, 0.6) is 0 Å². The molecule has 1 aliphatic heterocycles. The summed E-state index contributed by atoms with van der Waals surface area (Å²) in [6, 6.07) is 0.569. The van der Waals surface area contributed by atoms with Gasteiger partial charge in [-0.2, -0.15) is 0 Å². The maximum atomic E-state index is 5.82. The quantitative estimate of drug-likeness (QED) is 0.692. The molecule has 1 aliphatic rings. The molecule has 0 saturated carbocycles. The highest BCUT2D eigenvalue weighted by atomic mass is 16.5. The van der Waals surface area contributed by atoms with Crippen LogP contribution in [0.25, 0.3) is 0 Å². The Bertz CT molecular complexity index is 281. The van der Waals surface area contributed by atoms with Crippen LogP contribution in [0, 0.1) is 5.41 Å². The minimum atomic E-state index is 0.314. The first kappa shape index (κ1) is 18.9. The van der Waals surface area contributed by atoms with E-state index in [1.165, 1.54) is 25.7 Å². The topological polar surface area (TPSA) is 24.5 Å². The Morgan fingerprint density at radius 1 is 1.14 bits per heavy atom. The lowest BCUT2D eigenvalue weighted by Crippen LogP contribution is -2.67. The van der Waals surface area contributed by atoms with Crippen molar-refractivity contribution in [2.24, 2.45) is 5.41 Å². The summed E-state index contributed by atoms with van der Waals surface area (Å²) >= 11 is 0. The number of unbranched alkanes of at least 4 members (excludes halogenated alkanes) is 1. The molecule has 0 aromatic carbocycles. The highest BCUT2D eigenvalue weighted by Crippen LogP contribution is 2.31. The fraction of sp³-hybridized carbons (Fsp3) is 1.00. The van der Waals surface area contributed by atoms with Crippen molar-refractivity contribution in [2.75, 3.05) is 32.8 Å². The van der Waals surface area contributed by atoms with Crippen molar-refractivity contribution >= 4 is 0 Å². The van der Waals surface area contributed by atoms with Crippen LogP contribution >= 0.6 is 0 Å². The van der Waals surface area contributed by atoms with Crippen molar-refractivity contribution in [1.29, 1.82) is 0 Å². The Morgan fingerprint density at radius 2 is 1.81 bits per heavy atom. The van der Waals surface area contributed by atoms with Gasteiger partial charge in [-0.15, -0.1) is 0 Å². The maximum Gasteiger partial charge on any atom is 0.0593 e. The highest BCUT2D eigenvalue weighted by molar-refractivity contribution is 5.00. The predicted octanol–water partition coefficient (Wildman–Crippen LogP) is 3.68. The summed E-state index contributed by atoms with van der Waals surface area (Å²) in [6.07, 6.45) is 4.82. The molecule has 1 fully saturated rings. The van der Waals surface area contributed by atoms with Gasteiger partial charge in [0.15, 0.2) is 0 Å². The Morgan fingerprint density at radius 3 is 2.33 bits per heavy atom. The number of piperazine rings is 1. The molecule has 126 valence electrons. The zero-order valence-corrected chi connectivity index (χ0v) is 15.3. The highest BCUT2D eigenvalue weighted by Gasteiger charge is 2.41. The molecule has 0 amide bonds. The average Bonchev–Trinajstić information content (AvgIpc) is 2.46. The first-order valence-corrected chi connectivity index (χ1v) is 8.95. The first-order valence-electron chi connectivity index (χ1n) is 8.95. The molecule has 0 radical (unpaired) electrons. The summed E-state index contributed by atoms with van der Waals surface area (Å²) < 4.78 is 5.82. The summed E-state index contributed by atoms with van der Waals surface area (Å²) in [6.45, 7) is 19.0. The lowest BCUT2D eigenvalue weighted by atomic mass is 9.80. The molecule has 21 heavy (non-hydrogen) atoms. The van der Waals surface area contributed by atoms with Gasteiger partial charge in [-0.1, -0.05) is 48.0 Å². The van der Waals surface area contributed by atoms with E-state index in [0.29, 0.717) is 17.0 Å². The van der Waals surface area contributed by atoms with Gasteiger partial charge in [0.25, 0.3) is 0 Å². The molecule has 3 nitrogen and oxygen atoms in total. The smallest absolute Gasteiger partial charge is 0.0593 e. The monoisotopic (exact) mass is 298 g/mol. The summed E-state index contributed by atoms with van der Waals surface area (Å²) in [4.78, 5) is 2.70. The number of nitrogens with zero attached hydrogens (tertiary/aromatic N) is 1. The maximum absolute atomic E-state index is 5.82. The van der Waals surface area contributed by atoms with Gasteiger partial charge in [0.2, 0.25) is 0 Å². The zero-order chi connectivity index (χ0) is 15.9. The van der Waals surface area contributed by atoms with Crippen molar-refractivity contribution in [3.8, 4) is 0 Å². The van der Waals surface area contributed by atoms with Gasteiger partial charge in [0, 0.05) is 37.8 Å². The van der Waals surface area contributed by atoms with Crippen molar-refractivity contribution in [3.05, 3.63) is 0 Å². The second-order valence-corrected chi connectivity index (χ2v) is 7.64. The summed E-state index contributed by atoms with van der Waals surface area (Å²) in [5.74, 6) is 0. The van der Waals surface area contributed by atoms with Crippen molar-refractivity contribution in [1.82, 2.24) is 10.2 Å². The summed E-state index contributed by atoms with van der Waals surface area (Å²) in [7, 11) is 0. The minimum Gasteiger partial charge on any atom is -0.380 e. The Hall–Kier alpha value is -0.120. The van der Waals surface area contributed by atoms with E-state index in [2.05, 4.69) is 51.8 Å². The average molecular weight is 299 g/mol. The van der Waals surface area contributed by atoms with Gasteiger partial charge in [0.05, 0.1) is 6.61 Å². The number of ether oxygens (including phenoxy) is 1. The second-order valence-electron chi connectivity index (χ2n) is 7.64. The summed E-state index contributed by atoms with van der Waals surface area (Å²) in [5, 5.41) is 3.81. The van der Waals surface area contributed by atoms with Gasteiger partial charge >= 0.3 is 0 Å². The Labute approximate surface area is 132 Å². The molecule has 0 aromatic heterocycles. The van der Waals surface area contributed by atoms with E-state index in [1.54, 1.807) is 0 Å². The number of hydrogen-bond donors (Lipinski definition) is 1. The van der Waals surface area contributed by atoms with Gasteiger partial charge in [-0.3, -0.25) is 4.90 Å². The number of nitrogens with one attached hydrogen (secondary N) is 1. The number of rotatable bonds is 8. The molecule has 3 heteroatoms. The minimum absolute atomic E-state index is 0.314. The molecule has 0 bridgehead atoms. The van der Waals surface area contributed by atoms with Crippen LogP contribution in [0.3, 0.4) is 0 Å². The van der Waals surface area contributed by atoms with Crippen molar-refractivity contribution < 1.29 is 4.74 Å². The third kappa shape index (κ3) is 5.22. The summed E-state index contributed by atoms with van der Waals surface area (Å²) in [5.41, 5.74) is 0.630. The zero-order valence-electron chi connectivity index (χ0n) is 15.3. The lowest BCUT2D eigenvalue weighted by molar-refractivity contribution is -0.0128. The first-order chi connectivity index (χ1) is 9.89. The van der Waals surface area contributed by atoms with Crippen LogP contribution in [-0.2, 0) is 4.74 Å². The second kappa shape index (κ2) is 8.50. The van der Waals surface area contributed by atoms with Crippen LogP contribution < -0.4 is 5.32 Å². The van der Waals surface area contributed by atoms with Crippen molar-refractivity contribution in [2.45, 2.75) is 78.8 Å². The molecular weight excluding hydrogens is 260 g/mol. The van der Waals surface area contributed by atoms with Crippen LogP contribution in [0.2, 0.25) is 0 Å². The normalized spacial score (nSPS) is 23.4. The van der Waals surface area contributed by atoms with Crippen LogP contribution in [0.15, 0.2) is 0 Å². The Kier molecular flexibility index (Phi) is 7.66. The predicted molar refractivity (Wildman–Crippen MR) is 91.9 cm³/mol. The molecule has 1 unspecified atom stereocenters. The molecule has 1 heterocycles. The van der Waals surface area contributed by atoms with Gasteiger partial charge < -0.3 is 10.1 Å². The van der Waals surface area contributed by atoms with E-state index in [0.717, 1.165) is 32.8 Å². The SMILES string of the molecule is CCCCOCCN1CC(C(C)(C)C)NCC1(CC)CC. The van der Waals surface area contributed by atoms with E-state index >= 15 is 0 Å². The molecule has 1 rings (SSSR count). The van der Waals surface area contributed by atoms with Crippen LogP contribution in [-0.4, -0.2) is 49.3 Å². The fourth-order valence-electron chi connectivity index (χ4n) is 3.28. The van der Waals surface area contributed by atoms with Crippen LogP contribution in [0.4, 0.5) is 0 Å². The molecule has 0 aromatic rings. The third-order valence-electron chi connectivity index (χ3n) is 5.26. The van der Waals surface area contributed by atoms with E-state index < -0.39 is 0 Å². The van der Waals surface area contributed by atoms with E-state index in [9.17, 15) is 0 Å². The molecule has 1 atom stereocenters. The molecule has 0 aliphatic carbocycles.